The number of hydrogen-bond acceptors (Lipinski definition) is 6. The zero-order valence-corrected chi connectivity index (χ0v) is 16.3. The first kappa shape index (κ1) is 19.3. The number of rotatable bonds is 6. The van der Waals surface area contributed by atoms with Crippen LogP contribution in [0.25, 0.3) is 0 Å². The van der Waals surface area contributed by atoms with Crippen LogP contribution in [-0.4, -0.2) is 30.3 Å². The molecule has 0 N–H and O–H groups in total. The van der Waals surface area contributed by atoms with Crippen molar-refractivity contribution in [1.82, 2.24) is 5.01 Å². The molecule has 7 heteroatoms. The highest BCUT2D eigenvalue weighted by Gasteiger charge is 2.35. The van der Waals surface area contributed by atoms with Crippen molar-refractivity contribution in [2.24, 2.45) is 5.10 Å². The van der Waals surface area contributed by atoms with Crippen LogP contribution in [-0.2, 0) is 4.79 Å². The Kier molecular flexibility index (Phi) is 5.48. The molecule has 7 nitrogen and oxygen atoms in total. The number of para-hydroxylation sites is 1. The van der Waals surface area contributed by atoms with Gasteiger partial charge in [-0.25, -0.2) is 5.01 Å². The Balaban J connectivity index is 1.56. The summed E-state index contributed by atoms with van der Waals surface area (Å²) < 4.78 is 16.4. The molecule has 0 bridgehead atoms. The summed E-state index contributed by atoms with van der Waals surface area (Å²) in [5.74, 6) is 1.43. The molecule has 1 amide bonds. The highest BCUT2D eigenvalue weighted by Crippen LogP contribution is 2.33. The monoisotopic (exact) mass is 401 g/mol. The number of nitrogens with zero attached hydrogens (tertiary/aromatic N) is 3. The largest absolute Gasteiger partial charge is 0.497 e. The van der Waals surface area contributed by atoms with Crippen molar-refractivity contribution in [3.05, 3.63) is 83.8 Å². The zero-order chi connectivity index (χ0) is 20.9. The van der Waals surface area contributed by atoms with Gasteiger partial charge in [0, 0.05) is 6.42 Å². The number of carbonyl (C=O) groups is 1. The summed E-state index contributed by atoms with van der Waals surface area (Å²) >= 11 is 0. The molecule has 2 aromatic carbocycles. The molecule has 4 rings (SSSR count). The summed E-state index contributed by atoms with van der Waals surface area (Å²) in [5.41, 5.74) is 2.04. The molecule has 0 saturated carbocycles. The molecule has 3 aromatic rings. The molecule has 0 saturated heterocycles. The Labute approximate surface area is 173 Å². The van der Waals surface area contributed by atoms with Crippen molar-refractivity contribution in [1.29, 1.82) is 5.26 Å². The summed E-state index contributed by atoms with van der Waals surface area (Å²) in [6.45, 7) is -0.241. The lowest BCUT2D eigenvalue weighted by atomic mass is 10.0. The van der Waals surface area contributed by atoms with Crippen LogP contribution in [0, 0.1) is 11.3 Å². The maximum Gasteiger partial charge on any atom is 0.281 e. The first-order valence-corrected chi connectivity index (χ1v) is 9.39. The van der Waals surface area contributed by atoms with Gasteiger partial charge in [-0.2, -0.15) is 10.4 Å². The lowest BCUT2D eigenvalue weighted by molar-refractivity contribution is -0.135. The first-order valence-electron chi connectivity index (χ1n) is 9.39. The molecule has 1 aromatic heterocycles. The lowest BCUT2D eigenvalue weighted by Crippen LogP contribution is -2.31. The van der Waals surface area contributed by atoms with E-state index >= 15 is 0 Å². The topological polar surface area (TPSA) is 88.1 Å². The van der Waals surface area contributed by atoms with E-state index in [4.69, 9.17) is 13.9 Å². The third-order valence-electron chi connectivity index (χ3n) is 4.82. The zero-order valence-electron chi connectivity index (χ0n) is 16.3. The standard InChI is InChI=1S/C23H19N3O4/c1-28-18-10-8-16(9-11-18)19-13-20(22-7-4-12-29-22)26(25-19)23(27)15-30-21-6-3-2-5-17(21)14-24/h2-12,20H,13,15H2,1H3. The Morgan fingerprint density at radius 2 is 2.00 bits per heavy atom. The molecule has 1 unspecified atom stereocenters. The molecule has 2 heterocycles. The number of nitriles is 1. The van der Waals surface area contributed by atoms with Crippen LogP contribution < -0.4 is 9.47 Å². The van der Waals surface area contributed by atoms with Gasteiger partial charge < -0.3 is 13.9 Å². The van der Waals surface area contributed by atoms with Gasteiger partial charge in [-0.15, -0.1) is 0 Å². The third-order valence-corrected chi connectivity index (χ3v) is 4.82. The molecule has 30 heavy (non-hydrogen) atoms. The Hall–Kier alpha value is -4.05. The highest BCUT2D eigenvalue weighted by molar-refractivity contribution is 6.03. The van der Waals surface area contributed by atoms with E-state index in [0.29, 0.717) is 23.5 Å². The lowest BCUT2D eigenvalue weighted by Gasteiger charge is -2.20. The quantitative estimate of drug-likeness (QED) is 0.625. The van der Waals surface area contributed by atoms with E-state index < -0.39 is 0 Å². The van der Waals surface area contributed by atoms with Gasteiger partial charge in [-0.3, -0.25) is 4.79 Å². The predicted octanol–water partition coefficient (Wildman–Crippen LogP) is 3.92. The molecule has 1 aliphatic rings. The number of amides is 1. The van der Waals surface area contributed by atoms with Gasteiger partial charge in [0.15, 0.2) is 6.61 Å². The summed E-state index contributed by atoms with van der Waals surface area (Å²) in [6.07, 6.45) is 2.09. The number of methoxy groups -OCH3 is 1. The van der Waals surface area contributed by atoms with Crippen LogP contribution in [0.5, 0.6) is 11.5 Å². The SMILES string of the molecule is COc1ccc(C2=NN(C(=O)COc3ccccc3C#N)C(c3ccco3)C2)cc1. The van der Waals surface area contributed by atoms with E-state index in [0.717, 1.165) is 17.0 Å². The molecule has 0 spiro atoms. The van der Waals surface area contributed by atoms with Crippen molar-refractivity contribution in [3.63, 3.8) is 0 Å². The van der Waals surface area contributed by atoms with E-state index in [9.17, 15) is 10.1 Å². The minimum atomic E-state index is -0.362. The summed E-state index contributed by atoms with van der Waals surface area (Å²) in [7, 11) is 1.61. The molecule has 0 radical (unpaired) electrons. The van der Waals surface area contributed by atoms with Crippen molar-refractivity contribution in [2.45, 2.75) is 12.5 Å². The van der Waals surface area contributed by atoms with Crippen LogP contribution in [0.15, 0.2) is 76.4 Å². The van der Waals surface area contributed by atoms with Crippen LogP contribution in [0.3, 0.4) is 0 Å². The van der Waals surface area contributed by atoms with Gasteiger partial charge in [0.25, 0.3) is 5.91 Å². The average molecular weight is 401 g/mol. The Morgan fingerprint density at radius 3 is 2.70 bits per heavy atom. The van der Waals surface area contributed by atoms with Crippen molar-refractivity contribution < 1.29 is 18.7 Å². The van der Waals surface area contributed by atoms with Gasteiger partial charge in [-0.05, 0) is 54.1 Å². The molecular formula is C23H19N3O4. The molecule has 1 aliphatic heterocycles. The van der Waals surface area contributed by atoms with Crippen LogP contribution >= 0.6 is 0 Å². The molecule has 150 valence electrons. The number of furan rings is 1. The molecule has 0 aliphatic carbocycles. The highest BCUT2D eigenvalue weighted by atomic mass is 16.5. The van der Waals surface area contributed by atoms with Gasteiger partial charge in [0.1, 0.15) is 29.4 Å². The summed E-state index contributed by atoms with van der Waals surface area (Å²) in [4.78, 5) is 13.0. The molecule has 1 atom stereocenters. The average Bonchev–Trinajstić information content (AvgIpc) is 3.47. The number of hydrazone groups is 1. The van der Waals surface area contributed by atoms with E-state index in [1.54, 1.807) is 43.7 Å². The van der Waals surface area contributed by atoms with Crippen molar-refractivity contribution >= 4 is 11.6 Å². The Morgan fingerprint density at radius 1 is 1.20 bits per heavy atom. The fraction of sp³-hybridized carbons (Fsp3) is 0.174. The summed E-state index contributed by atoms with van der Waals surface area (Å²) in [6, 6.07) is 19.6. The van der Waals surface area contributed by atoms with Crippen LogP contribution in [0.1, 0.15) is 29.3 Å². The van der Waals surface area contributed by atoms with Gasteiger partial charge in [-0.1, -0.05) is 12.1 Å². The third kappa shape index (κ3) is 3.89. The molecular weight excluding hydrogens is 382 g/mol. The second-order valence-electron chi connectivity index (χ2n) is 6.65. The maximum absolute atomic E-state index is 13.0. The summed E-state index contributed by atoms with van der Waals surface area (Å²) in [5, 5.41) is 15.1. The minimum Gasteiger partial charge on any atom is -0.497 e. The second kappa shape index (κ2) is 8.53. The van der Waals surface area contributed by atoms with E-state index in [1.165, 1.54) is 5.01 Å². The fourth-order valence-electron chi connectivity index (χ4n) is 3.29. The molecule has 0 fully saturated rings. The fourth-order valence-corrected chi connectivity index (χ4v) is 3.29. The number of hydrogen-bond donors (Lipinski definition) is 0. The normalized spacial score (nSPS) is 15.4. The first-order chi connectivity index (χ1) is 14.7. The maximum atomic E-state index is 13.0. The minimum absolute atomic E-state index is 0.241. The van der Waals surface area contributed by atoms with Gasteiger partial charge in [0.2, 0.25) is 0 Å². The van der Waals surface area contributed by atoms with E-state index in [2.05, 4.69) is 11.2 Å². The predicted molar refractivity (Wildman–Crippen MR) is 109 cm³/mol. The van der Waals surface area contributed by atoms with Crippen LogP contribution in [0.2, 0.25) is 0 Å². The van der Waals surface area contributed by atoms with E-state index in [1.807, 2.05) is 30.3 Å². The van der Waals surface area contributed by atoms with Gasteiger partial charge in [0.05, 0.1) is 24.6 Å². The number of carbonyl (C=O) groups excluding carboxylic acids is 1. The van der Waals surface area contributed by atoms with E-state index in [-0.39, 0.29) is 18.6 Å². The number of ether oxygens (including phenoxy) is 2. The van der Waals surface area contributed by atoms with Crippen LogP contribution in [0.4, 0.5) is 0 Å². The second-order valence-corrected chi connectivity index (χ2v) is 6.65. The Bertz CT molecular complexity index is 1100. The smallest absolute Gasteiger partial charge is 0.281 e. The van der Waals surface area contributed by atoms with Crippen molar-refractivity contribution in [3.8, 4) is 17.6 Å². The number of benzene rings is 2. The van der Waals surface area contributed by atoms with Crippen molar-refractivity contribution in [2.75, 3.05) is 13.7 Å². The van der Waals surface area contributed by atoms with Gasteiger partial charge >= 0.3 is 0 Å².